The van der Waals surface area contributed by atoms with Crippen molar-refractivity contribution in [3.8, 4) is 0 Å². The molecule has 2 aliphatic heterocycles. The Bertz CT molecular complexity index is 943. The number of nitrogens with one attached hydrogen (secondary N) is 2. The van der Waals surface area contributed by atoms with E-state index in [4.69, 9.17) is 0 Å². The van der Waals surface area contributed by atoms with Gasteiger partial charge in [-0.1, -0.05) is 6.07 Å². The van der Waals surface area contributed by atoms with Crippen molar-refractivity contribution < 1.29 is 14.4 Å². The average molecular weight is 422 g/mol. The van der Waals surface area contributed by atoms with Crippen LogP contribution in [0.15, 0.2) is 48.8 Å². The molecule has 8 nitrogen and oxygen atoms in total. The molecule has 2 aromatic rings. The third kappa shape index (κ3) is 5.20. The van der Waals surface area contributed by atoms with E-state index in [1.54, 1.807) is 42.6 Å². The Morgan fingerprint density at radius 3 is 2.39 bits per heavy atom. The van der Waals surface area contributed by atoms with Crippen LogP contribution in [0.2, 0.25) is 0 Å². The Kier molecular flexibility index (Phi) is 6.45. The van der Waals surface area contributed by atoms with E-state index >= 15 is 0 Å². The van der Waals surface area contributed by atoms with Gasteiger partial charge in [0, 0.05) is 49.9 Å². The standard InChI is InChI=1S/C23H27N5O3/c29-21(17-6-4-10-24-15-17)25-19-8-3-9-20(14-19)26-22(30)18-7-5-13-28(16-18)23(31)27-11-1-2-12-27/h3-4,6,8-10,14-15,18H,1-2,5,7,11-13,16H2,(H,25,29)(H,26,30)/t18-/m1/s1. The zero-order valence-electron chi connectivity index (χ0n) is 17.4. The second-order valence-electron chi connectivity index (χ2n) is 8.03. The topological polar surface area (TPSA) is 94.6 Å². The number of aromatic nitrogens is 1. The van der Waals surface area contributed by atoms with Crippen LogP contribution in [0.3, 0.4) is 0 Å². The van der Waals surface area contributed by atoms with Crippen molar-refractivity contribution in [1.29, 1.82) is 0 Å². The zero-order valence-corrected chi connectivity index (χ0v) is 17.4. The predicted octanol–water partition coefficient (Wildman–Crippen LogP) is 3.20. The third-order valence-corrected chi connectivity index (χ3v) is 5.75. The molecule has 2 saturated heterocycles. The number of anilines is 2. The molecule has 0 bridgehead atoms. The van der Waals surface area contributed by atoms with Gasteiger partial charge in [-0.25, -0.2) is 4.79 Å². The minimum absolute atomic E-state index is 0.0510. The summed E-state index contributed by atoms with van der Waals surface area (Å²) in [5.74, 6) is -0.608. The lowest BCUT2D eigenvalue weighted by atomic mass is 9.97. The molecular formula is C23H27N5O3. The van der Waals surface area contributed by atoms with Gasteiger partial charge in [-0.05, 0) is 56.0 Å². The number of pyridine rings is 1. The van der Waals surface area contributed by atoms with E-state index < -0.39 is 0 Å². The first-order valence-corrected chi connectivity index (χ1v) is 10.8. The number of piperidine rings is 1. The molecule has 1 aromatic carbocycles. The number of urea groups is 1. The molecule has 4 amide bonds. The molecule has 3 heterocycles. The van der Waals surface area contributed by atoms with Crippen LogP contribution < -0.4 is 10.6 Å². The van der Waals surface area contributed by atoms with Gasteiger partial charge < -0.3 is 20.4 Å². The maximum Gasteiger partial charge on any atom is 0.320 e. The molecule has 162 valence electrons. The first kappa shape index (κ1) is 20.8. The fourth-order valence-electron chi connectivity index (χ4n) is 4.09. The quantitative estimate of drug-likeness (QED) is 0.793. The summed E-state index contributed by atoms with van der Waals surface area (Å²) in [5, 5.41) is 5.76. The summed E-state index contributed by atoms with van der Waals surface area (Å²) < 4.78 is 0. The summed E-state index contributed by atoms with van der Waals surface area (Å²) in [5.41, 5.74) is 1.65. The van der Waals surface area contributed by atoms with E-state index in [0.717, 1.165) is 38.8 Å². The largest absolute Gasteiger partial charge is 0.326 e. The van der Waals surface area contributed by atoms with Crippen molar-refractivity contribution >= 4 is 29.2 Å². The van der Waals surface area contributed by atoms with E-state index in [-0.39, 0.29) is 23.8 Å². The number of hydrogen-bond acceptors (Lipinski definition) is 4. The molecule has 2 aliphatic rings. The van der Waals surface area contributed by atoms with Gasteiger partial charge in [0.25, 0.3) is 5.91 Å². The predicted molar refractivity (Wildman–Crippen MR) is 118 cm³/mol. The van der Waals surface area contributed by atoms with Crippen molar-refractivity contribution in [2.24, 2.45) is 5.92 Å². The molecule has 0 aliphatic carbocycles. The SMILES string of the molecule is O=C(Nc1cccc(NC(=O)[C@@H]2CCCN(C(=O)N3CCCC3)C2)c1)c1cccnc1. The lowest BCUT2D eigenvalue weighted by Gasteiger charge is -2.34. The highest BCUT2D eigenvalue weighted by atomic mass is 16.2. The molecule has 0 radical (unpaired) electrons. The van der Waals surface area contributed by atoms with Crippen LogP contribution in [-0.4, -0.2) is 58.8 Å². The van der Waals surface area contributed by atoms with Crippen LogP contribution >= 0.6 is 0 Å². The average Bonchev–Trinajstić information content (AvgIpc) is 3.34. The Morgan fingerprint density at radius 2 is 1.65 bits per heavy atom. The molecular weight excluding hydrogens is 394 g/mol. The Hall–Kier alpha value is -3.42. The highest BCUT2D eigenvalue weighted by molar-refractivity contribution is 6.04. The lowest BCUT2D eigenvalue weighted by molar-refractivity contribution is -0.121. The molecule has 0 spiro atoms. The summed E-state index contributed by atoms with van der Waals surface area (Å²) in [6.07, 6.45) is 6.79. The van der Waals surface area contributed by atoms with Gasteiger partial charge in [-0.15, -0.1) is 0 Å². The number of rotatable bonds is 4. The monoisotopic (exact) mass is 421 g/mol. The first-order chi connectivity index (χ1) is 15.1. The minimum Gasteiger partial charge on any atom is -0.326 e. The smallest absolute Gasteiger partial charge is 0.320 e. The van der Waals surface area contributed by atoms with Crippen LogP contribution in [0.5, 0.6) is 0 Å². The summed E-state index contributed by atoms with van der Waals surface area (Å²) in [6, 6.07) is 10.5. The van der Waals surface area contributed by atoms with E-state index in [2.05, 4.69) is 15.6 Å². The van der Waals surface area contributed by atoms with Crippen molar-refractivity contribution in [3.63, 3.8) is 0 Å². The molecule has 0 unspecified atom stereocenters. The second-order valence-corrected chi connectivity index (χ2v) is 8.03. The number of amides is 4. The van der Waals surface area contributed by atoms with E-state index in [1.165, 1.54) is 6.20 Å². The lowest BCUT2D eigenvalue weighted by Crippen LogP contribution is -2.48. The number of likely N-dealkylation sites (tertiary alicyclic amines) is 2. The molecule has 0 saturated carbocycles. The summed E-state index contributed by atoms with van der Waals surface area (Å²) in [6.45, 7) is 2.76. The van der Waals surface area contributed by atoms with Gasteiger partial charge >= 0.3 is 6.03 Å². The fraction of sp³-hybridized carbons (Fsp3) is 0.391. The van der Waals surface area contributed by atoms with Gasteiger partial charge in [0.15, 0.2) is 0 Å². The van der Waals surface area contributed by atoms with Gasteiger partial charge in [0.2, 0.25) is 5.91 Å². The Morgan fingerprint density at radius 1 is 0.903 bits per heavy atom. The van der Waals surface area contributed by atoms with Crippen molar-refractivity contribution in [1.82, 2.24) is 14.8 Å². The van der Waals surface area contributed by atoms with Crippen LogP contribution in [0, 0.1) is 5.92 Å². The highest BCUT2D eigenvalue weighted by Crippen LogP contribution is 2.22. The minimum atomic E-state index is -0.264. The Labute approximate surface area is 181 Å². The van der Waals surface area contributed by atoms with Crippen LogP contribution in [0.25, 0.3) is 0 Å². The van der Waals surface area contributed by atoms with Gasteiger partial charge in [0.05, 0.1) is 11.5 Å². The van der Waals surface area contributed by atoms with Crippen molar-refractivity contribution in [3.05, 3.63) is 54.4 Å². The highest BCUT2D eigenvalue weighted by Gasteiger charge is 2.31. The number of carbonyl (C=O) groups is 3. The number of carbonyl (C=O) groups excluding carboxylic acids is 3. The van der Waals surface area contributed by atoms with Crippen LogP contribution in [0.1, 0.15) is 36.0 Å². The van der Waals surface area contributed by atoms with E-state index in [9.17, 15) is 14.4 Å². The Balaban J connectivity index is 1.35. The molecule has 2 fully saturated rings. The normalized spacial score (nSPS) is 18.5. The number of benzene rings is 1. The summed E-state index contributed by atoms with van der Waals surface area (Å²) in [4.78, 5) is 45.5. The van der Waals surface area contributed by atoms with Crippen LogP contribution in [0.4, 0.5) is 16.2 Å². The number of hydrogen-bond donors (Lipinski definition) is 2. The van der Waals surface area contributed by atoms with Crippen LogP contribution in [-0.2, 0) is 4.79 Å². The summed E-state index contributed by atoms with van der Waals surface area (Å²) in [7, 11) is 0. The summed E-state index contributed by atoms with van der Waals surface area (Å²) >= 11 is 0. The van der Waals surface area contributed by atoms with Crippen molar-refractivity contribution in [2.45, 2.75) is 25.7 Å². The van der Waals surface area contributed by atoms with Gasteiger partial charge in [-0.2, -0.15) is 0 Å². The van der Waals surface area contributed by atoms with Crippen molar-refractivity contribution in [2.75, 3.05) is 36.8 Å². The second kappa shape index (κ2) is 9.59. The van der Waals surface area contributed by atoms with Gasteiger partial charge in [0.1, 0.15) is 0 Å². The molecule has 4 rings (SSSR count). The molecule has 8 heteroatoms. The van der Waals surface area contributed by atoms with E-state index in [1.807, 2.05) is 9.80 Å². The molecule has 1 atom stereocenters. The third-order valence-electron chi connectivity index (χ3n) is 5.75. The maximum atomic E-state index is 12.9. The first-order valence-electron chi connectivity index (χ1n) is 10.8. The molecule has 1 aromatic heterocycles. The molecule has 2 N–H and O–H groups in total. The number of nitrogens with zero attached hydrogens (tertiary/aromatic N) is 3. The maximum absolute atomic E-state index is 12.9. The molecule has 31 heavy (non-hydrogen) atoms. The van der Waals surface area contributed by atoms with E-state index in [0.29, 0.717) is 30.0 Å². The zero-order chi connectivity index (χ0) is 21.6. The van der Waals surface area contributed by atoms with Gasteiger partial charge in [-0.3, -0.25) is 14.6 Å². The fourth-order valence-corrected chi connectivity index (χ4v) is 4.09.